The van der Waals surface area contributed by atoms with E-state index >= 15 is 0 Å². The Morgan fingerprint density at radius 1 is 1.22 bits per heavy atom. The first kappa shape index (κ1) is 12.0. The van der Waals surface area contributed by atoms with Gasteiger partial charge in [-0.2, -0.15) is 0 Å². The van der Waals surface area contributed by atoms with Crippen LogP contribution in [0.5, 0.6) is 0 Å². The Morgan fingerprint density at radius 2 is 1.94 bits per heavy atom. The van der Waals surface area contributed by atoms with Gasteiger partial charge in [0, 0.05) is 5.39 Å². The maximum Gasteiger partial charge on any atom is 0.325 e. The lowest BCUT2D eigenvalue weighted by Gasteiger charge is -2.08. The number of fused-ring (bicyclic) bond motifs is 1. The number of amides is 1. The molecule has 0 aliphatic carbocycles. The zero-order chi connectivity index (χ0) is 13.1. The van der Waals surface area contributed by atoms with Crippen LogP contribution in [0.15, 0.2) is 36.4 Å². The van der Waals surface area contributed by atoms with Gasteiger partial charge in [-0.15, -0.1) is 0 Å². The molecule has 92 valence electrons. The monoisotopic (exact) mass is 244 g/mol. The molecule has 1 heterocycles. The van der Waals surface area contributed by atoms with Gasteiger partial charge in [-0.3, -0.25) is 9.59 Å². The van der Waals surface area contributed by atoms with Crippen molar-refractivity contribution in [3.8, 4) is 0 Å². The van der Waals surface area contributed by atoms with Crippen LogP contribution < -0.4 is 5.32 Å². The van der Waals surface area contributed by atoms with Crippen LogP contribution >= 0.6 is 0 Å². The van der Waals surface area contributed by atoms with Crippen molar-refractivity contribution in [2.24, 2.45) is 0 Å². The van der Waals surface area contributed by atoms with Crippen LogP contribution in [0.4, 0.5) is 0 Å². The van der Waals surface area contributed by atoms with Gasteiger partial charge in [0.1, 0.15) is 11.7 Å². The minimum absolute atomic E-state index is 0.210. The van der Waals surface area contributed by atoms with E-state index in [-0.39, 0.29) is 5.69 Å². The number of nitrogens with zero attached hydrogens (tertiary/aromatic N) is 1. The van der Waals surface area contributed by atoms with E-state index in [2.05, 4.69) is 10.3 Å². The van der Waals surface area contributed by atoms with E-state index < -0.39 is 17.9 Å². The largest absolute Gasteiger partial charge is 0.480 e. The van der Waals surface area contributed by atoms with E-state index in [0.717, 1.165) is 5.39 Å². The number of hydrogen-bond donors (Lipinski definition) is 2. The van der Waals surface area contributed by atoms with Crippen molar-refractivity contribution < 1.29 is 14.7 Å². The third-order valence-electron chi connectivity index (χ3n) is 2.55. The predicted octanol–water partition coefficient (Wildman–Crippen LogP) is 1.44. The molecule has 0 bridgehead atoms. The predicted molar refractivity (Wildman–Crippen MR) is 66.3 cm³/mol. The molecule has 0 saturated heterocycles. The summed E-state index contributed by atoms with van der Waals surface area (Å²) < 4.78 is 0. The van der Waals surface area contributed by atoms with E-state index in [9.17, 15) is 9.59 Å². The molecule has 1 atom stereocenters. The molecule has 18 heavy (non-hydrogen) atoms. The summed E-state index contributed by atoms with van der Waals surface area (Å²) in [5.41, 5.74) is 0.912. The number of para-hydroxylation sites is 1. The summed E-state index contributed by atoms with van der Waals surface area (Å²) in [4.78, 5) is 26.6. The van der Waals surface area contributed by atoms with Crippen molar-refractivity contribution in [1.29, 1.82) is 0 Å². The molecular weight excluding hydrogens is 232 g/mol. The first-order valence-corrected chi connectivity index (χ1v) is 5.47. The molecule has 0 aliphatic rings. The van der Waals surface area contributed by atoms with Gasteiger partial charge in [-0.1, -0.05) is 24.3 Å². The molecule has 2 rings (SSSR count). The summed E-state index contributed by atoms with van der Waals surface area (Å²) in [5.74, 6) is -1.57. The second-order valence-corrected chi connectivity index (χ2v) is 3.92. The first-order chi connectivity index (χ1) is 8.58. The second kappa shape index (κ2) is 4.83. The average Bonchev–Trinajstić information content (AvgIpc) is 2.37. The number of carboxylic acids is 1. The highest BCUT2D eigenvalue weighted by atomic mass is 16.4. The van der Waals surface area contributed by atoms with Gasteiger partial charge in [-0.05, 0) is 19.1 Å². The fourth-order valence-electron chi connectivity index (χ4n) is 1.52. The summed E-state index contributed by atoms with van der Waals surface area (Å²) in [6.45, 7) is 1.40. The zero-order valence-corrected chi connectivity index (χ0v) is 9.75. The van der Waals surface area contributed by atoms with Gasteiger partial charge in [0.25, 0.3) is 5.91 Å². The Bertz CT molecular complexity index is 610. The number of carbonyl (C=O) groups is 2. The van der Waals surface area contributed by atoms with E-state index in [1.54, 1.807) is 18.2 Å². The maximum absolute atomic E-state index is 11.8. The number of rotatable bonds is 3. The number of aromatic nitrogens is 1. The number of carbonyl (C=O) groups excluding carboxylic acids is 1. The SMILES string of the molecule is CC(NC(=O)c1ccc2ccccc2n1)C(=O)O. The van der Waals surface area contributed by atoms with Crippen LogP contribution in [-0.4, -0.2) is 28.0 Å². The van der Waals surface area contributed by atoms with Crippen molar-refractivity contribution in [2.45, 2.75) is 13.0 Å². The summed E-state index contributed by atoms with van der Waals surface area (Å²) in [5, 5.41) is 12.0. The third-order valence-corrected chi connectivity index (χ3v) is 2.55. The average molecular weight is 244 g/mol. The number of benzene rings is 1. The molecule has 5 nitrogen and oxygen atoms in total. The Hall–Kier alpha value is -2.43. The number of hydrogen-bond acceptors (Lipinski definition) is 3. The molecular formula is C13H12N2O3. The van der Waals surface area contributed by atoms with E-state index in [1.165, 1.54) is 6.92 Å². The van der Waals surface area contributed by atoms with Crippen LogP contribution in [0.1, 0.15) is 17.4 Å². The fourth-order valence-corrected chi connectivity index (χ4v) is 1.52. The molecule has 1 unspecified atom stereocenters. The third kappa shape index (κ3) is 2.45. The Labute approximate surface area is 103 Å². The number of pyridine rings is 1. The summed E-state index contributed by atoms with van der Waals surface area (Å²) in [6.07, 6.45) is 0. The number of aliphatic carboxylic acids is 1. The van der Waals surface area contributed by atoms with Crippen molar-refractivity contribution in [3.05, 3.63) is 42.1 Å². The number of carboxylic acid groups (broad SMARTS) is 1. The lowest BCUT2D eigenvalue weighted by molar-refractivity contribution is -0.138. The summed E-state index contributed by atoms with van der Waals surface area (Å²) in [6, 6.07) is 9.82. The molecule has 1 aromatic heterocycles. The molecule has 5 heteroatoms. The van der Waals surface area contributed by atoms with Crippen molar-refractivity contribution >= 4 is 22.8 Å². The molecule has 2 N–H and O–H groups in total. The highest BCUT2D eigenvalue weighted by Gasteiger charge is 2.16. The van der Waals surface area contributed by atoms with Gasteiger partial charge >= 0.3 is 5.97 Å². The highest BCUT2D eigenvalue weighted by Crippen LogP contribution is 2.11. The molecule has 0 radical (unpaired) electrons. The lowest BCUT2D eigenvalue weighted by Crippen LogP contribution is -2.38. The standard InChI is InChI=1S/C13H12N2O3/c1-8(13(17)18)14-12(16)11-7-6-9-4-2-3-5-10(9)15-11/h2-8H,1H3,(H,14,16)(H,17,18). The molecule has 0 aliphatic heterocycles. The Balaban J connectivity index is 2.25. The molecule has 1 amide bonds. The fraction of sp³-hybridized carbons (Fsp3) is 0.154. The van der Waals surface area contributed by atoms with Gasteiger partial charge in [-0.25, -0.2) is 4.98 Å². The lowest BCUT2D eigenvalue weighted by atomic mass is 10.2. The molecule has 0 spiro atoms. The zero-order valence-electron chi connectivity index (χ0n) is 9.75. The van der Waals surface area contributed by atoms with Crippen LogP contribution in [0.2, 0.25) is 0 Å². The molecule has 0 fully saturated rings. The Kier molecular flexibility index (Phi) is 3.23. The smallest absolute Gasteiger partial charge is 0.325 e. The van der Waals surface area contributed by atoms with E-state index in [4.69, 9.17) is 5.11 Å². The van der Waals surface area contributed by atoms with Gasteiger partial charge in [0.2, 0.25) is 0 Å². The maximum atomic E-state index is 11.8. The normalized spacial score (nSPS) is 12.1. The van der Waals surface area contributed by atoms with Crippen molar-refractivity contribution in [1.82, 2.24) is 10.3 Å². The van der Waals surface area contributed by atoms with Crippen LogP contribution in [0.3, 0.4) is 0 Å². The van der Waals surface area contributed by atoms with Crippen LogP contribution in [0, 0.1) is 0 Å². The quantitative estimate of drug-likeness (QED) is 0.856. The van der Waals surface area contributed by atoms with Gasteiger partial charge < -0.3 is 10.4 Å². The van der Waals surface area contributed by atoms with Crippen molar-refractivity contribution in [2.75, 3.05) is 0 Å². The van der Waals surface area contributed by atoms with Crippen LogP contribution in [-0.2, 0) is 4.79 Å². The van der Waals surface area contributed by atoms with Crippen LogP contribution in [0.25, 0.3) is 10.9 Å². The van der Waals surface area contributed by atoms with Crippen molar-refractivity contribution in [3.63, 3.8) is 0 Å². The van der Waals surface area contributed by atoms with E-state index in [1.807, 2.05) is 18.2 Å². The minimum Gasteiger partial charge on any atom is -0.480 e. The number of nitrogens with one attached hydrogen (secondary N) is 1. The summed E-state index contributed by atoms with van der Waals surface area (Å²) >= 11 is 0. The van der Waals surface area contributed by atoms with Gasteiger partial charge in [0.15, 0.2) is 0 Å². The topological polar surface area (TPSA) is 79.3 Å². The van der Waals surface area contributed by atoms with E-state index in [0.29, 0.717) is 5.52 Å². The highest BCUT2D eigenvalue weighted by molar-refractivity contribution is 5.96. The second-order valence-electron chi connectivity index (χ2n) is 3.92. The molecule has 0 saturated carbocycles. The Morgan fingerprint density at radius 3 is 2.67 bits per heavy atom. The van der Waals surface area contributed by atoms with Gasteiger partial charge in [0.05, 0.1) is 5.52 Å². The minimum atomic E-state index is -1.08. The summed E-state index contributed by atoms with van der Waals surface area (Å²) in [7, 11) is 0. The molecule has 2 aromatic rings. The first-order valence-electron chi connectivity index (χ1n) is 5.47. The molecule has 1 aromatic carbocycles.